The van der Waals surface area contributed by atoms with Crippen LogP contribution in [0.5, 0.6) is 0 Å². The van der Waals surface area contributed by atoms with Crippen LogP contribution in [0.15, 0.2) is 97.2 Å². The molecular formula is C51H55N8O7+. The molecule has 4 heterocycles. The van der Waals surface area contributed by atoms with Gasteiger partial charge in [0.2, 0.25) is 12.1 Å². The number of likely N-dealkylation sites (tertiary alicyclic amines) is 2. The second-order valence-corrected chi connectivity index (χ2v) is 18.4. The SMILES string of the molecule is COC[C@H]1C[C@@H]([n+]2cc3ccc4cc(-c5ccc6c(ccc7[nH]c([C@@H]8[C@@H]9CC[C@@H](C9)N8C(=O)[C@@H](NC(=O)OC)C(C)C)nc76)c5)ccc4c3[nH]2)N(C(=O)[C@H](NC(=O)OC)c2ccccc2)C1. The molecule has 4 N–H and O–H groups in total. The molecule has 340 valence electrons. The third-order valence-corrected chi connectivity index (χ3v) is 14.1. The van der Waals surface area contributed by atoms with Crippen molar-refractivity contribution >= 4 is 67.5 Å². The number of amides is 4. The van der Waals surface area contributed by atoms with Crippen molar-refractivity contribution in [3.05, 3.63) is 109 Å². The van der Waals surface area contributed by atoms with Crippen molar-refractivity contribution in [3.63, 3.8) is 0 Å². The quantitative estimate of drug-likeness (QED) is 0.0951. The van der Waals surface area contributed by atoms with Crippen LogP contribution in [0.4, 0.5) is 9.59 Å². The highest BCUT2D eigenvalue weighted by atomic mass is 16.5. The Hall–Kier alpha value is -7.00. The van der Waals surface area contributed by atoms with E-state index in [0.29, 0.717) is 25.1 Å². The van der Waals surface area contributed by atoms with Gasteiger partial charge in [-0.3, -0.25) is 14.5 Å². The summed E-state index contributed by atoms with van der Waals surface area (Å²) in [6.45, 7) is 4.83. The third kappa shape index (κ3) is 7.64. The Kier molecular flexibility index (Phi) is 11.3. The molecule has 10 rings (SSSR count). The van der Waals surface area contributed by atoms with Crippen molar-refractivity contribution in [2.24, 2.45) is 17.8 Å². The molecule has 5 aromatic carbocycles. The Morgan fingerprint density at radius 1 is 0.803 bits per heavy atom. The van der Waals surface area contributed by atoms with Gasteiger partial charge in [0.25, 0.3) is 12.1 Å². The van der Waals surface area contributed by atoms with Crippen molar-refractivity contribution in [1.82, 2.24) is 35.5 Å². The number of benzene rings is 5. The maximum Gasteiger partial charge on any atom is 0.407 e. The molecule has 66 heavy (non-hydrogen) atoms. The zero-order valence-corrected chi connectivity index (χ0v) is 37.7. The summed E-state index contributed by atoms with van der Waals surface area (Å²) in [6, 6.07) is 28.9. The first-order valence-electron chi connectivity index (χ1n) is 22.8. The van der Waals surface area contributed by atoms with Crippen LogP contribution in [0.25, 0.3) is 54.6 Å². The van der Waals surface area contributed by atoms with E-state index in [4.69, 9.17) is 19.2 Å². The molecule has 0 spiro atoms. The van der Waals surface area contributed by atoms with Gasteiger partial charge in [-0.2, -0.15) is 5.10 Å². The molecule has 0 unspecified atom stereocenters. The number of aromatic nitrogens is 4. The number of carbonyl (C=O) groups excluding carboxylic acids is 4. The molecule has 1 aliphatic carbocycles. The topological polar surface area (TPSA) is 175 Å². The summed E-state index contributed by atoms with van der Waals surface area (Å²) in [4.78, 5) is 65.9. The molecule has 2 aliphatic heterocycles. The minimum absolute atomic E-state index is 0.0918. The fourth-order valence-corrected chi connectivity index (χ4v) is 10.9. The molecule has 3 aliphatic rings. The van der Waals surface area contributed by atoms with Crippen molar-refractivity contribution in [3.8, 4) is 11.1 Å². The summed E-state index contributed by atoms with van der Waals surface area (Å²) in [7, 11) is 4.27. The van der Waals surface area contributed by atoms with Crippen LogP contribution in [0.3, 0.4) is 0 Å². The van der Waals surface area contributed by atoms with E-state index in [1.807, 2.05) is 58.7 Å². The minimum Gasteiger partial charge on any atom is -0.453 e. The van der Waals surface area contributed by atoms with E-state index in [2.05, 4.69) is 87.6 Å². The molecule has 7 aromatic rings. The average molecular weight is 892 g/mol. The number of piperidine rings is 1. The van der Waals surface area contributed by atoms with Crippen LogP contribution in [-0.2, 0) is 23.8 Å². The molecule has 15 nitrogen and oxygen atoms in total. The van der Waals surface area contributed by atoms with E-state index in [9.17, 15) is 19.2 Å². The smallest absolute Gasteiger partial charge is 0.407 e. The first-order chi connectivity index (χ1) is 32.0. The van der Waals surface area contributed by atoms with E-state index >= 15 is 0 Å². The fourth-order valence-electron chi connectivity index (χ4n) is 10.9. The second kappa shape index (κ2) is 17.4. The number of alkyl carbamates (subject to hydrolysis) is 2. The van der Waals surface area contributed by atoms with Crippen molar-refractivity contribution in [2.45, 2.75) is 69.9 Å². The number of aromatic amines is 2. The van der Waals surface area contributed by atoms with Crippen molar-refractivity contribution in [2.75, 3.05) is 34.5 Å². The summed E-state index contributed by atoms with van der Waals surface area (Å²) in [5.41, 5.74) is 5.55. The number of nitrogens with one attached hydrogen (secondary N) is 4. The van der Waals surface area contributed by atoms with Crippen LogP contribution in [0.2, 0.25) is 0 Å². The van der Waals surface area contributed by atoms with Gasteiger partial charge in [0.15, 0.2) is 0 Å². The molecular weight excluding hydrogens is 837 g/mol. The van der Waals surface area contributed by atoms with Gasteiger partial charge in [-0.05, 0) is 82.8 Å². The van der Waals surface area contributed by atoms with Crippen molar-refractivity contribution < 1.29 is 38.1 Å². The number of hydrogen-bond acceptors (Lipinski definition) is 8. The predicted molar refractivity (Wildman–Crippen MR) is 249 cm³/mol. The maximum absolute atomic E-state index is 14.4. The molecule has 2 aromatic heterocycles. The summed E-state index contributed by atoms with van der Waals surface area (Å²) in [6.07, 6.45) is 3.97. The number of hydrogen-bond donors (Lipinski definition) is 4. The van der Waals surface area contributed by atoms with Crippen LogP contribution < -0.4 is 15.3 Å². The lowest BCUT2D eigenvalue weighted by Crippen LogP contribution is -2.54. The van der Waals surface area contributed by atoms with Gasteiger partial charge in [0.05, 0.1) is 43.3 Å². The number of imidazole rings is 1. The lowest BCUT2D eigenvalue weighted by atomic mass is 9.95. The number of carbonyl (C=O) groups is 4. The van der Waals surface area contributed by atoms with Gasteiger partial charge >= 0.3 is 12.2 Å². The predicted octanol–water partition coefficient (Wildman–Crippen LogP) is 7.83. The summed E-state index contributed by atoms with van der Waals surface area (Å²) in [5.74, 6) is 0.719. The average Bonchev–Trinajstić information content (AvgIpc) is 4.20. The molecule has 2 saturated heterocycles. The van der Waals surface area contributed by atoms with Gasteiger partial charge in [0, 0.05) is 42.8 Å². The van der Waals surface area contributed by atoms with Gasteiger partial charge in [-0.25, -0.2) is 14.6 Å². The van der Waals surface area contributed by atoms with Gasteiger partial charge in [-0.15, -0.1) is 0 Å². The molecule has 0 radical (unpaired) electrons. The lowest BCUT2D eigenvalue weighted by molar-refractivity contribution is -0.785. The summed E-state index contributed by atoms with van der Waals surface area (Å²) >= 11 is 0. The number of ether oxygens (including phenoxy) is 3. The lowest BCUT2D eigenvalue weighted by Gasteiger charge is -2.37. The highest BCUT2D eigenvalue weighted by molar-refractivity contribution is 6.08. The Bertz CT molecular complexity index is 3000. The van der Waals surface area contributed by atoms with E-state index in [1.54, 1.807) is 7.11 Å². The second-order valence-electron chi connectivity index (χ2n) is 18.4. The summed E-state index contributed by atoms with van der Waals surface area (Å²) in [5, 5.41) is 14.4. The first-order valence-corrected chi connectivity index (χ1v) is 22.8. The number of nitrogens with zero attached hydrogens (tertiary/aromatic N) is 4. The Labute approximate surface area is 381 Å². The Morgan fingerprint density at radius 2 is 1.50 bits per heavy atom. The largest absolute Gasteiger partial charge is 0.453 e. The van der Waals surface area contributed by atoms with Crippen LogP contribution in [0.1, 0.15) is 69.2 Å². The molecule has 15 heteroatoms. The molecule has 7 atom stereocenters. The monoisotopic (exact) mass is 891 g/mol. The van der Waals surface area contributed by atoms with Crippen LogP contribution in [0, 0.1) is 17.8 Å². The van der Waals surface area contributed by atoms with Gasteiger partial charge in [0.1, 0.15) is 23.4 Å². The number of rotatable bonds is 11. The normalized spacial score (nSPS) is 21.3. The first kappa shape index (κ1) is 42.9. The van der Waals surface area contributed by atoms with E-state index in [-0.39, 0.29) is 47.8 Å². The zero-order valence-electron chi connectivity index (χ0n) is 37.7. The van der Waals surface area contributed by atoms with Crippen LogP contribution >= 0.6 is 0 Å². The number of fused-ring (bicyclic) bond motifs is 8. The molecule has 4 amide bonds. The maximum atomic E-state index is 14.4. The zero-order chi connectivity index (χ0) is 45.8. The number of methoxy groups -OCH3 is 3. The number of H-pyrrole nitrogens is 2. The van der Waals surface area contributed by atoms with E-state index in [0.717, 1.165) is 79.7 Å². The van der Waals surface area contributed by atoms with Crippen molar-refractivity contribution in [1.29, 1.82) is 0 Å². The third-order valence-electron chi connectivity index (χ3n) is 14.1. The molecule has 1 saturated carbocycles. The van der Waals surface area contributed by atoms with E-state index < -0.39 is 24.3 Å². The van der Waals surface area contributed by atoms with E-state index in [1.165, 1.54) is 14.2 Å². The Morgan fingerprint density at radius 3 is 2.23 bits per heavy atom. The van der Waals surface area contributed by atoms with Crippen LogP contribution in [-0.4, -0.2) is 95.4 Å². The fraction of sp³-hybridized carbons (Fsp3) is 0.373. The minimum atomic E-state index is -0.929. The Balaban J connectivity index is 0.933. The highest BCUT2D eigenvalue weighted by Gasteiger charge is 2.52. The molecule has 2 bridgehead atoms. The van der Waals surface area contributed by atoms with Gasteiger partial charge in [-0.1, -0.05) is 85.3 Å². The standard InChI is InChI=1S/C51H54N8O7/c1-28(2)42(54-50(62)65-4)49(61)59-37-17-13-35(24-37)46(59)47-52-40-20-16-34-23-32(15-19-39(34)45(40)53-47)31-14-18-38-33(22-31)11-12-36-26-58(56-43(36)38)41-21-29(27-64-3)25-57(41)48(60)44(55-51(63)66-5)30-9-7-6-8-10-30/h6-12,14-16,18-20,22-23,26,28-29,35,37,41-42,44,46H,13,17,21,24-25,27H2,1-5H3,(H3,52,53,54,55,56,62,63)/p+1/t29-,35+,37-,41+,42-,44+,46-/m0/s1. The highest BCUT2D eigenvalue weighted by Crippen LogP contribution is 2.50. The summed E-state index contributed by atoms with van der Waals surface area (Å²) < 4.78 is 17.3. The van der Waals surface area contributed by atoms with Gasteiger partial charge < -0.3 is 34.7 Å². The molecule has 3 fully saturated rings.